The van der Waals surface area contributed by atoms with E-state index in [-0.39, 0.29) is 22.6 Å². The van der Waals surface area contributed by atoms with Gasteiger partial charge in [-0.05, 0) is 24.5 Å². The van der Waals surface area contributed by atoms with Gasteiger partial charge in [0.05, 0.1) is 23.9 Å². The van der Waals surface area contributed by atoms with Crippen LogP contribution >= 0.6 is 0 Å². The fraction of sp³-hybridized carbons (Fsp3) is 0.136. The topological polar surface area (TPSA) is 76.2 Å². The number of nitrogens with one attached hydrogen (secondary N) is 1. The largest absolute Gasteiger partial charge is 0.465 e. The van der Waals surface area contributed by atoms with Gasteiger partial charge in [0, 0.05) is 11.3 Å². The van der Waals surface area contributed by atoms with Gasteiger partial charge in [-0.1, -0.05) is 54.6 Å². The average molecular weight is 361 g/mol. The van der Waals surface area contributed by atoms with E-state index in [0.717, 1.165) is 11.1 Å². The van der Waals surface area contributed by atoms with E-state index in [4.69, 9.17) is 4.74 Å². The summed E-state index contributed by atoms with van der Waals surface area (Å²) in [6.45, 7) is 1.66. The minimum atomic E-state index is -0.717. The highest BCUT2D eigenvalue weighted by Gasteiger charge is 2.28. The Hall–Kier alpha value is -3.47. The molecule has 5 heteroatoms. The lowest BCUT2D eigenvalue weighted by Crippen LogP contribution is -2.13. The van der Waals surface area contributed by atoms with Gasteiger partial charge in [0.15, 0.2) is 12.1 Å². The van der Waals surface area contributed by atoms with Crippen LogP contribution in [-0.2, 0) is 11.2 Å². The van der Waals surface area contributed by atoms with Crippen molar-refractivity contribution >= 4 is 18.0 Å². The number of hydrogen-bond donors (Lipinski definition) is 1. The zero-order valence-electron chi connectivity index (χ0n) is 15.1. The summed E-state index contributed by atoms with van der Waals surface area (Å²) in [6.07, 6.45) is 1.10. The summed E-state index contributed by atoms with van der Waals surface area (Å²) in [5.41, 5.74) is 3.06. The number of H-pyrrole nitrogens is 1. The van der Waals surface area contributed by atoms with Crippen LogP contribution in [0.15, 0.2) is 54.6 Å². The SMILES string of the molecule is COC(=O)c1c(C=O)[nH]c(C)c1C(=O)c1ccccc1Cc1ccccc1. The fourth-order valence-corrected chi connectivity index (χ4v) is 3.18. The predicted octanol–water partition coefficient (Wildman–Crippen LogP) is 3.74. The zero-order valence-corrected chi connectivity index (χ0v) is 15.1. The van der Waals surface area contributed by atoms with Gasteiger partial charge in [0.25, 0.3) is 0 Å². The van der Waals surface area contributed by atoms with Crippen molar-refractivity contribution in [3.63, 3.8) is 0 Å². The number of methoxy groups -OCH3 is 1. The number of aldehydes is 1. The summed E-state index contributed by atoms with van der Waals surface area (Å²) in [5.74, 6) is -1.03. The number of benzene rings is 2. The molecule has 1 N–H and O–H groups in total. The molecule has 0 spiro atoms. The monoisotopic (exact) mass is 361 g/mol. The van der Waals surface area contributed by atoms with Crippen molar-refractivity contribution < 1.29 is 19.1 Å². The lowest BCUT2D eigenvalue weighted by atomic mass is 9.92. The summed E-state index contributed by atoms with van der Waals surface area (Å²) >= 11 is 0. The van der Waals surface area contributed by atoms with Crippen LogP contribution < -0.4 is 0 Å². The van der Waals surface area contributed by atoms with Gasteiger partial charge < -0.3 is 9.72 Å². The molecular formula is C22H19NO4. The zero-order chi connectivity index (χ0) is 19.4. The van der Waals surface area contributed by atoms with Crippen molar-refractivity contribution in [3.8, 4) is 0 Å². The molecule has 2 aromatic carbocycles. The van der Waals surface area contributed by atoms with Gasteiger partial charge in [0.1, 0.15) is 0 Å². The van der Waals surface area contributed by atoms with Crippen LogP contribution in [0.25, 0.3) is 0 Å². The summed E-state index contributed by atoms with van der Waals surface area (Å²) in [5, 5.41) is 0. The number of hydrogen-bond acceptors (Lipinski definition) is 4. The number of aryl methyl sites for hydroxylation is 1. The van der Waals surface area contributed by atoms with E-state index in [1.165, 1.54) is 7.11 Å². The van der Waals surface area contributed by atoms with Gasteiger partial charge in [-0.25, -0.2) is 4.79 Å². The number of ketones is 1. The molecule has 27 heavy (non-hydrogen) atoms. The van der Waals surface area contributed by atoms with E-state index in [9.17, 15) is 14.4 Å². The van der Waals surface area contributed by atoms with Crippen molar-refractivity contribution in [3.05, 3.63) is 93.8 Å². The summed E-state index contributed by atoms with van der Waals surface area (Å²) in [6, 6.07) is 17.1. The Morgan fingerprint density at radius 3 is 2.33 bits per heavy atom. The first kappa shape index (κ1) is 18.3. The molecule has 3 aromatic rings. The van der Waals surface area contributed by atoms with Crippen LogP contribution in [0.5, 0.6) is 0 Å². The fourth-order valence-electron chi connectivity index (χ4n) is 3.18. The Kier molecular flexibility index (Phi) is 5.31. The van der Waals surface area contributed by atoms with E-state index in [2.05, 4.69) is 4.98 Å². The smallest absolute Gasteiger partial charge is 0.340 e. The first-order valence-corrected chi connectivity index (χ1v) is 8.49. The number of aromatic amines is 1. The molecule has 0 atom stereocenters. The molecule has 0 radical (unpaired) electrons. The first-order valence-electron chi connectivity index (χ1n) is 8.49. The molecule has 0 unspecified atom stereocenters. The van der Waals surface area contributed by atoms with Crippen LogP contribution in [0.3, 0.4) is 0 Å². The van der Waals surface area contributed by atoms with Crippen LogP contribution in [0.1, 0.15) is 53.6 Å². The molecule has 0 bridgehead atoms. The number of aromatic nitrogens is 1. The molecule has 0 aliphatic rings. The Morgan fingerprint density at radius 1 is 1.00 bits per heavy atom. The molecular weight excluding hydrogens is 342 g/mol. The van der Waals surface area contributed by atoms with E-state index in [1.54, 1.807) is 19.1 Å². The second-order valence-corrected chi connectivity index (χ2v) is 6.17. The third kappa shape index (κ3) is 3.58. The quantitative estimate of drug-likeness (QED) is 0.412. The lowest BCUT2D eigenvalue weighted by molar-refractivity contribution is 0.0595. The van der Waals surface area contributed by atoms with E-state index in [0.29, 0.717) is 24.0 Å². The maximum absolute atomic E-state index is 13.3. The minimum Gasteiger partial charge on any atom is -0.465 e. The molecule has 136 valence electrons. The Morgan fingerprint density at radius 2 is 1.67 bits per heavy atom. The third-order valence-corrected chi connectivity index (χ3v) is 4.45. The van der Waals surface area contributed by atoms with E-state index in [1.807, 2.05) is 42.5 Å². The molecule has 1 aromatic heterocycles. The number of ether oxygens (including phenoxy) is 1. The van der Waals surface area contributed by atoms with Gasteiger partial charge >= 0.3 is 5.97 Å². The molecule has 1 heterocycles. The number of carbonyl (C=O) groups excluding carboxylic acids is 3. The maximum atomic E-state index is 13.3. The number of carbonyl (C=O) groups is 3. The van der Waals surface area contributed by atoms with Crippen molar-refractivity contribution in [2.24, 2.45) is 0 Å². The van der Waals surface area contributed by atoms with E-state index >= 15 is 0 Å². The summed E-state index contributed by atoms with van der Waals surface area (Å²) < 4.78 is 4.77. The van der Waals surface area contributed by atoms with Crippen LogP contribution in [0.4, 0.5) is 0 Å². The molecule has 5 nitrogen and oxygen atoms in total. The van der Waals surface area contributed by atoms with Crippen LogP contribution in [-0.4, -0.2) is 30.1 Å². The highest BCUT2D eigenvalue weighted by molar-refractivity contribution is 6.17. The van der Waals surface area contributed by atoms with Gasteiger partial charge in [-0.3, -0.25) is 9.59 Å². The second-order valence-electron chi connectivity index (χ2n) is 6.17. The molecule has 0 aliphatic heterocycles. The molecule has 0 aliphatic carbocycles. The highest BCUT2D eigenvalue weighted by atomic mass is 16.5. The molecule has 3 rings (SSSR count). The second kappa shape index (κ2) is 7.83. The normalized spacial score (nSPS) is 10.4. The third-order valence-electron chi connectivity index (χ3n) is 4.45. The van der Waals surface area contributed by atoms with Crippen molar-refractivity contribution in [1.29, 1.82) is 0 Å². The standard InChI is InChI=1S/C22H19NO4/c1-14-19(20(22(26)27-2)18(13-24)23-14)21(25)17-11-7-6-10-16(17)12-15-8-4-3-5-9-15/h3-11,13,23H,12H2,1-2H3. The molecule has 0 saturated carbocycles. The van der Waals surface area contributed by atoms with Crippen LogP contribution in [0.2, 0.25) is 0 Å². The number of rotatable bonds is 6. The first-order chi connectivity index (χ1) is 13.1. The van der Waals surface area contributed by atoms with Gasteiger partial charge in [-0.2, -0.15) is 0 Å². The Labute approximate surface area is 157 Å². The Balaban J connectivity index is 2.09. The van der Waals surface area contributed by atoms with Crippen molar-refractivity contribution in [2.45, 2.75) is 13.3 Å². The van der Waals surface area contributed by atoms with E-state index < -0.39 is 5.97 Å². The minimum absolute atomic E-state index is 0.0236. The maximum Gasteiger partial charge on any atom is 0.340 e. The van der Waals surface area contributed by atoms with Crippen molar-refractivity contribution in [1.82, 2.24) is 4.98 Å². The summed E-state index contributed by atoms with van der Waals surface area (Å²) in [7, 11) is 1.22. The molecule has 0 fully saturated rings. The molecule has 0 amide bonds. The summed E-state index contributed by atoms with van der Waals surface area (Å²) in [4.78, 5) is 39.6. The van der Waals surface area contributed by atoms with Gasteiger partial charge in [-0.15, -0.1) is 0 Å². The highest BCUT2D eigenvalue weighted by Crippen LogP contribution is 2.25. The predicted molar refractivity (Wildman–Crippen MR) is 101 cm³/mol. The van der Waals surface area contributed by atoms with Crippen LogP contribution in [0, 0.1) is 6.92 Å². The average Bonchev–Trinajstić information content (AvgIpc) is 3.04. The molecule has 0 saturated heterocycles. The number of esters is 1. The van der Waals surface area contributed by atoms with Gasteiger partial charge in [0.2, 0.25) is 0 Å². The Bertz CT molecular complexity index is 1000. The van der Waals surface area contributed by atoms with Crippen molar-refractivity contribution in [2.75, 3.05) is 7.11 Å². The lowest BCUT2D eigenvalue weighted by Gasteiger charge is -2.10.